The Kier molecular flexibility index (Phi) is 5.02. The summed E-state index contributed by atoms with van der Waals surface area (Å²) in [6, 6.07) is 15.0. The molecule has 104 valence electrons. The van der Waals surface area contributed by atoms with Gasteiger partial charge < -0.3 is 10.1 Å². The minimum Gasteiger partial charge on any atom is -0.495 e. The summed E-state index contributed by atoms with van der Waals surface area (Å²) >= 11 is 6.05. The zero-order chi connectivity index (χ0) is 14.4. The smallest absolute Gasteiger partial charge is 0.224 e. The summed E-state index contributed by atoms with van der Waals surface area (Å²) in [7, 11) is 1.58. The third kappa shape index (κ3) is 4.00. The van der Waals surface area contributed by atoms with Crippen molar-refractivity contribution in [2.75, 3.05) is 12.4 Å². The van der Waals surface area contributed by atoms with Crippen LogP contribution in [-0.2, 0) is 11.2 Å². The predicted molar refractivity (Wildman–Crippen MR) is 81.4 cm³/mol. The molecule has 20 heavy (non-hydrogen) atoms. The fourth-order valence-corrected chi connectivity index (χ4v) is 2.15. The van der Waals surface area contributed by atoms with Gasteiger partial charge in [-0.05, 0) is 36.2 Å². The van der Waals surface area contributed by atoms with Crippen molar-refractivity contribution in [2.45, 2.75) is 12.8 Å². The number of ether oxygens (including phenoxy) is 1. The fraction of sp³-hybridized carbons (Fsp3) is 0.188. The Morgan fingerprint density at radius 2 is 1.95 bits per heavy atom. The number of anilines is 1. The SMILES string of the molecule is COc1ccc(CCC(=O)Nc2ccccc2)cc1Cl. The maximum atomic E-state index is 11.8. The first-order valence-electron chi connectivity index (χ1n) is 6.36. The predicted octanol–water partition coefficient (Wildman–Crippen LogP) is 3.92. The van der Waals surface area contributed by atoms with Gasteiger partial charge in [-0.1, -0.05) is 35.9 Å². The highest BCUT2D eigenvalue weighted by Gasteiger charge is 2.05. The van der Waals surface area contributed by atoms with E-state index >= 15 is 0 Å². The molecule has 2 rings (SSSR count). The van der Waals surface area contributed by atoms with Crippen molar-refractivity contribution in [1.82, 2.24) is 0 Å². The van der Waals surface area contributed by atoms with Gasteiger partial charge in [-0.2, -0.15) is 0 Å². The fourth-order valence-electron chi connectivity index (χ4n) is 1.87. The second-order valence-electron chi connectivity index (χ2n) is 4.38. The van der Waals surface area contributed by atoms with Gasteiger partial charge in [0.25, 0.3) is 0 Å². The van der Waals surface area contributed by atoms with Crippen molar-refractivity contribution in [3.05, 3.63) is 59.1 Å². The highest BCUT2D eigenvalue weighted by molar-refractivity contribution is 6.32. The summed E-state index contributed by atoms with van der Waals surface area (Å²) in [6.07, 6.45) is 1.06. The number of carbonyl (C=O) groups excluding carboxylic acids is 1. The molecule has 1 amide bonds. The Labute approximate surface area is 123 Å². The molecule has 0 aromatic heterocycles. The Bertz CT molecular complexity index is 584. The monoisotopic (exact) mass is 289 g/mol. The van der Waals surface area contributed by atoms with E-state index in [2.05, 4.69) is 5.32 Å². The molecule has 0 fully saturated rings. The first kappa shape index (κ1) is 14.4. The number of methoxy groups -OCH3 is 1. The third-order valence-electron chi connectivity index (χ3n) is 2.91. The number of carbonyl (C=O) groups is 1. The van der Waals surface area contributed by atoms with E-state index in [1.165, 1.54) is 0 Å². The Balaban J connectivity index is 1.89. The number of halogens is 1. The second-order valence-corrected chi connectivity index (χ2v) is 4.79. The van der Waals surface area contributed by atoms with Crippen molar-refractivity contribution in [1.29, 1.82) is 0 Å². The molecule has 4 heteroatoms. The minimum atomic E-state index is -0.0110. The van der Waals surface area contributed by atoms with Crippen LogP contribution < -0.4 is 10.1 Å². The van der Waals surface area contributed by atoms with Crippen molar-refractivity contribution >= 4 is 23.2 Å². The van der Waals surface area contributed by atoms with Crippen LogP contribution in [0.3, 0.4) is 0 Å². The van der Waals surface area contributed by atoms with Gasteiger partial charge in [0.1, 0.15) is 5.75 Å². The van der Waals surface area contributed by atoms with Gasteiger partial charge in [0.2, 0.25) is 5.91 Å². The second kappa shape index (κ2) is 6.96. The lowest BCUT2D eigenvalue weighted by molar-refractivity contribution is -0.116. The zero-order valence-electron chi connectivity index (χ0n) is 11.2. The summed E-state index contributed by atoms with van der Waals surface area (Å²) in [4.78, 5) is 11.8. The molecule has 0 radical (unpaired) electrons. The molecule has 0 saturated heterocycles. The maximum Gasteiger partial charge on any atom is 0.224 e. The van der Waals surface area contributed by atoms with Gasteiger partial charge in [0.15, 0.2) is 0 Å². The topological polar surface area (TPSA) is 38.3 Å². The third-order valence-corrected chi connectivity index (χ3v) is 3.21. The lowest BCUT2D eigenvalue weighted by atomic mass is 10.1. The van der Waals surface area contributed by atoms with Crippen molar-refractivity contribution in [2.24, 2.45) is 0 Å². The van der Waals surface area contributed by atoms with E-state index in [0.29, 0.717) is 23.6 Å². The molecule has 2 aromatic rings. The lowest BCUT2D eigenvalue weighted by Gasteiger charge is -2.07. The highest BCUT2D eigenvalue weighted by atomic mass is 35.5. The number of hydrogen-bond donors (Lipinski definition) is 1. The number of amides is 1. The Morgan fingerprint density at radius 1 is 1.20 bits per heavy atom. The molecule has 0 heterocycles. The van der Waals surface area contributed by atoms with Crippen LogP contribution in [0.15, 0.2) is 48.5 Å². The van der Waals surface area contributed by atoms with Crippen LogP contribution in [-0.4, -0.2) is 13.0 Å². The molecule has 0 saturated carbocycles. The van der Waals surface area contributed by atoms with Crippen LogP contribution in [0.2, 0.25) is 5.02 Å². The largest absolute Gasteiger partial charge is 0.495 e. The lowest BCUT2D eigenvalue weighted by Crippen LogP contribution is -2.12. The van der Waals surface area contributed by atoms with Gasteiger partial charge in [0.05, 0.1) is 12.1 Å². The molecular weight excluding hydrogens is 274 g/mol. The van der Waals surface area contributed by atoms with E-state index < -0.39 is 0 Å². The number of benzene rings is 2. The Morgan fingerprint density at radius 3 is 2.60 bits per heavy atom. The van der Waals surface area contributed by atoms with Crippen LogP contribution in [0.4, 0.5) is 5.69 Å². The first-order valence-corrected chi connectivity index (χ1v) is 6.74. The van der Waals surface area contributed by atoms with E-state index in [4.69, 9.17) is 16.3 Å². The molecule has 0 unspecified atom stereocenters. The number of nitrogens with one attached hydrogen (secondary N) is 1. The summed E-state index contributed by atoms with van der Waals surface area (Å²) in [5, 5.41) is 3.42. The minimum absolute atomic E-state index is 0.0110. The van der Waals surface area contributed by atoms with Crippen molar-refractivity contribution in [3.8, 4) is 5.75 Å². The van der Waals surface area contributed by atoms with Crippen LogP contribution in [0.1, 0.15) is 12.0 Å². The quantitative estimate of drug-likeness (QED) is 0.906. The summed E-state index contributed by atoms with van der Waals surface area (Å²) in [5.74, 6) is 0.632. The number of para-hydroxylation sites is 1. The Hall–Kier alpha value is -2.00. The summed E-state index contributed by atoms with van der Waals surface area (Å²) < 4.78 is 5.09. The summed E-state index contributed by atoms with van der Waals surface area (Å²) in [6.45, 7) is 0. The standard InChI is InChI=1S/C16H16ClNO2/c1-20-15-9-7-12(11-14(15)17)8-10-16(19)18-13-5-3-2-4-6-13/h2-7,9,11H,8,10H2,1H3,(H,18,19). The molecule has 0 aliphatic heterocycles. The van der Waals surface area contributed by atoms with Crippen LogP contribution in [0.25, 0.3) is 0 Å². The number of aryl methyl sites for hydroxylation is 1. The number of hydrogen-bond acceptors (Lipinski definition) is 2. The normalized spacial score (nSPS) is 10.1. The van der Waals surface area contributed by atoms with Crippen LogP contribution >= 0.6 is 11.6 Å². The van der Waals surface area contributed by atoms with Gasteiger partial charge in [-0.15, -0.1) is 0 Å². The van der Waals surface area contributed by atoms with E-state index in [1.54, 1.807) is 7.11 Å². The zero-order valence-corrected chi connectivity index (χ0v) is 12.0. The molecule has 0 bridgehead atoms. The van der Waals surface area contributed by atoms with E-state index in [1.807, 2.05) is 48.5 Å². The van der Waals surface area contributed by atoms with Gasteiger partial charge in [-0.3, -0.25) is 4.79 Å². The molecule has 2 aromatic carbocycles. The highest BCUT2D eigenvalue weighted by Crippen LogP contribution is 2.25. The number of rotatable bonds is 5. The first-order chi connectivity index (χ1) is 9.69. The van der Waals surface area contributed by atoms with E-state index in [0.717, 1.165) is 11.3 Å². The molecule has 0 spiro atoms. The molecule has 0 atom stereocenters. The van der Waals surface area contributed by atoms with E-state index in [9.17, 15) is 4.79 Å². The van der Waals surface area contributed by atoms with Crippen molar-refractivity contribution < 1.29 is 9.53 Å². The molecule has 0 aliphatic rings. The van der Waals surface area contributed by atoms with E-state index in [-0.39, 0.29) is 5.91 Å². The average molecular weight is 290 g/mol. The van der Waals surface area contributed by atoms with Crippen LogP contribution in [0, 0.1) is 0 Å². The molecule has 3 nitrogen and oxygen atoms in total. The van der Waals surface area contributed by atoms with Crippen molar-refractivity contribution in [3.63, 3.8) is 0 Å². The molecular formula is C16H16ClNO2. The van der Waals surface area contributed by atoms with Gasteiger partial charge in [0, 0.05) is 12.1 Å². The molecule has 1 N–H and O–H groups in total. The van der Waals surface area contributed by atoms with Gasteiger partial charge in [-0.25, -0.2) is 0 Å². The van der Waals surface area contributed by atoms with Crippen LogP contribution in [0.5, 0.6) is 5.75 Å². The maximum absolute atomic E-state index is 11.8. The summed E-state index contributed by atoms with van der Waals surface area (Å²) in [5.41, 5.74) is 1.82. The molecule has 0 aliphatic carbocycles. The average Bonchev–Trinajstić information content (AvgIpc) is 2.46. The van der Waals surface area contributed by atoms with Gasteiger partial charge >= 0.3 is 0 Å².